The molecule has 4 aromatic rings. The van der Waals surface area contributed by atoms with Gasteiger partial charge in [0.15, 0.2) is 0 Å². The Morgan fingerprint density at radius 3 is 2.69 bits per heavy atom. The number of aryl methyl sites for hydroxylation is 1. The van der Waals surface area contributed by atoms with E-state index in [0.29, 0.717) is 39.0 Å². The summed E-state index contributed by atoms with van der Waals surface area (Å²) in [7, 11) is 0. The number of halogens is 1. The van der Waals surface area contributed by atoms with Gasteiger partial charge >= 0.3 is 0 Å². The van der Waals surface area contributed by atoms with Gasteiger partial charge in [-0.3, -0.25) is 9.78 Å². The Bertz CT molecular complexity index is 1340. The standard InChI is InChI=1S/C24H19FN4O3/c1-14-23(31)20(16(13-30)11-26-14)12-27-29-24(32)19-10-22(15-6-8-17(25)9-7-15)28-21-5-3-2-4-18(19)21/h2-12,30-31H,13H2,1H3,(H,29,32)/b27-12+. The number of nitrogens with one attached hydrogen (secondary N) is 1. The summed E-state index contributed by atoms with van der Waals surface area (Å²) in [6, 6.07) is 14.6. The minimum Gasteiger partial charge on any atom is -0.505 e. The van der Waals surface area contributed by atoms with Crippen molar-refractivity contribution in [2.75, 3.05) is 0 Å². The lowest BCUT2D eigenvalue weighted by Crippen LogP contribution is -2.18. The maximum absolute atomic E-state index is 13.3. The number of aliphatic hydroxyl groups is 1. The molecule has 1 amide bonds. The summed E-state index contributed by atoms with van der Waals surface area (Å²) >= 11 is 0. The van der Waals surface area contributed by atoms with Crippen LogP contribution in [0.2, 0.25) is 0 Å². The fourth-order valence-electron chi connectivity index (χ4n) is 3.27. The molecule has 32 heavy (non-hydrogen) atoms. The molecule has 0 saturated carbocycles. The van der Waals surface area contributed by atoms with Gasteiger partial charge in [0.05, 0.1) is 35.3 Å². The van der Waals surface area contributed by atoms with Crippen molar-refractivity contribution < 1.29 is 19.4 Å². The number of para-hydroxylation sites is 1. The first-order valence-electron chi connectivity index (χ1n) is 9.75. The van der Waals surface area contributed by atoms with E-state index in [2.05, 4.69) is 20.5 Å². The normalized spacial score (nSPS) is 11.2. The molecule has 0 fully saturated rings. The van der Waals surface area contributed by atoms with Gasteiger partial charge in [0, 0.05) is 28.3 Å². The lowest BCUT2D eigenvalue weighted by molar-refractivity contribution is 0.0956. The first kappa shape index (κ1) is 21.1. The van der Waals surface area contributed by atoms with E-state index < -0.39 is 5.91 Å². The zero-order chi connectivity index (χ0) is 22.7. The van der Waals surface area contributed by atoms with E-state index in [4.69, 9.17) is 0 Å². The SMILES string of the molecule is Cc1ncc(CO)c(/C=N/NC(=O)c2cc(-c3ccc(F)cc3)nc3ccccc23)c1O. The van der Waals surface area contributed by atoms with Crippen LogP contribution in [0, 0.1) is 12.7 Å². The van der Waals surface area contributed by atoms with Crippen molar-refractivity contribution in [1.29, 1.82) is 0 Å². The number of hydrogen-bond donors (Lipinski definition) is 3. The van der Waals surface area contributed by atoms with E-state index in [1.807, 2.05) is 6.07 Å². The van der Waals surface area contributed by atoms with Crippen LogP contribution < -0.4 is 5.43 Å². The van der Waals surface area contributed by atoms with Gasteiger partial charge in [-0.1, -0.05) is 18.2 Å². The molecular formula is C24H19FN4O3. The summed E-state index contributed by atoms with van der Waals surface area (Å²) in [5, 5.41) is 24.3. The van der Waals surface area contributed by atoms with Crippen molar-refractivity contribution in [3.05, 3.63) is 89.0 Å². The van der Waals surface area contributed by atoms with Crippen molar-refractivity contribution in [3.8, 4) is 17.0 Å². The minimum absolute atomic E-state index is 0.123. The lowest BCUT2D eigenvalue weighted by Gasteiger charge is -2.09. The average molecular weight is 430 g/mol. The van der Waals surface area contributed by atoms with Crippen molar-refractivity contribution >= 4 is 23.0 Å². The number of aliphatic hydroxyl groups excluding tert-OH is 1. The highest BCUT2D eigenvalue weighted by atomic mass is 19.1. The van der Waals surface area contributed by atoms with Crippen molar-refractivity contribution in [2.24, 2.45) is 5.10 Å². The molecule has 0 bridgehead atoms. The Morgan fingerprint density at radius 2 is 1.94 bits per heavy atom. The number of hydrogen-bond acceptors (Lipinski definition) is 6. The molecule has 0 radical (unpaired) electrons. The van der Waals surface area contributed by atoms with E-state index in [0.717, 1.165) is 0 Å². The fourth-order valence-corrected chi connectivity index (χ4v) is 3.27. The number of rotatable bonds is 5. The Labute approximate surface area is 182 Å². The van der Waals surface area contributed by atoms with Gasteiger partial charge in [-0.2, -0.15) is 5.10 Å². The highest BCUT2D eigenvalue weighted by Gasteiger charge is 2.14. The van der Waals surface area contributed by atoms with Crippen LogP contribution in [0.3, 0.4) is 0 Å². The summed E-state index contributed by atoms with van der Waals surface area (Å²) in [5.41, 5.74) is 5.60. The average Bonchev–Trinajstić information content (AvgIpc) is 2.81. The first-order valence-corrected chi connectivity index (χ1v) is 9.75. The van der Waals surface area contributed by atoms with Crippen LogP contribution in [0.25, 0.3) is 22.2 Å². The second-order valence-electron chi connectivity index (χ2n) is 7.07. The monoisotopic (exact) mass is 430 g/mol. The Balaban J connectivity index is 1.69. The predicted octanol–water partition coefficient (Wildman–Crippen LogP) is 3.71. The smallest absolute Gasteiger partial charge is 0.272 e. The van der Waals surface area contributed by atoms with E-state index in [1.165, 1.54) is 24.5 Å². The maximum Gasteiger partial charge on any atom is 0.272 e. The summed E-state index contributed by atoms with van der Waals surface area (Å²) in [6.07, 6.45) is 2.70. The molecule has 4 rings (SSSR count). The highest BCUT2D eigenvalue weighted by molar-refractivity contribution is 6.07. The first-order chi connectivity index (χ1) is 15.5. The summed E-state index contributed by atoms with van der Waals surface area (Å²) in [6.45, 7) is 1.28. The molecule has 0 unspecified atom stereocenters. The van der Waals surface area contributed by atoms with Gasteiger partial charge in [0.25, 0.3) is 5.91 Å². The number of fused-ring (bicyclic) bond motifs is 1. The number of carbonyl (C=O) groups excluding carboxylic acids is 1. The zero-order valence-electron chi connectivity index (χ0n) is 17.1. The van der Waals surface area contributed by atoms with E-state index in [1.54, 1.807) is 43.3 Å². The van der Waals surface area contributed by atoms with Crippen LogP contribution in [0.15, 0.2) is 65.9 Å². The Hall–Kier alpha value is -4.17. The van der Waals surface area contributed by atoms with Gasteiger partial charge in [-0.15, -0.1) is 0 Å². The van der Waals surface area contributed by atoms with Crippen LogP contribution in [0.4, 0.5) is 4.39 Å². The van der Waals surface area contributed by atoms with E-state index in [-0.39, 0.29) is 23.7 Å². The molecule has 7 nitrogen and oxygen atoms in total. The molecule has 2 aromatic carbocycles. The summed E-state index contributed by atoms with van der Waals surface area (Å²) in [5.74, 6) is -0.972. The third kappa shape index (κ3) is 4.17. The van der Waals surface area contributed by atoms with Gasteiger partial charge in [0.1, 0.15) is 11.6 Å². The van der Waals surface area contributed by atoms with Crippen LogP contribution in [-0.2, 0) is 6.61 Å². The topological polar surface area (TPSA) is 108 Å². The van der Waals surface area contributed by atoms with E-state index in [9.17, 15) is 19.4 Å². The number of benzene rings is 2. The molecule has 0 aliphatic carbocycles. The number of carbonyl (C=O) groups is 1. The van der Waals surface area contributed by atoms with Crippen molar-refractivity contribution in [3.63, 3.8) is 0 Å². The maximum atomic E-state index is 13.3. The molecular weight excluding hydrogens is 411 g/mol. The van der Waals surface area contributed by atoms with Gasteiger partial charge in [-0.25, -0.2) is 14.8 Å². The quantitative estimate of drug-likeness (QED) is 0.331. The lowest BCUT2D eigenvalue weighted by atomic mass is 10.0. The number of aromatic hydroxyl groups is 1. The number of nitrogens with zero attached hydrogens (tertiary/aromatic N) is 3. The number of pyridine rings is 2. The summed E-state index contributed by atoms with van der Waals surface area (Å²) < 4.78 is 13.3. The van der Waals surface area contributed by atoms with Crippen LogP contribution >= 0.6 is 0 Å². The third-order valence-corrected chi connectivity index (χ3v) is 4.99. The molecule has 2 heterocycles. The third-order valence-electron chi connectivity index (χ3n) is 4.99. The molecule has 160 valence electrons. The highest BCUT2D eigenvalue weighted by Crippen LogP contribution is 2.25. The number of amides is 1. The van der Waals surface area contributed by atoms with Crippen LogP contribution in [0.1, 0.15) is 27.2 Å². The Morgan fingerprint density at radius 1 is 1.19 bits per heavy atom. The molecule has 0 atom stereocenters. The molecule has 0 aliphatic rings. The number of hydrazone groups is 1. The zero-order valence-corrected chi connectivity index (χ0v) is 17.1. The largest absolute Gasteiger partial charge is 0.505 e. The van der Waals surface area contributed by atoms with Gasteiger partial charge < -0.3 is 10.2 Å². The van der Waals surface area contributed by atoms with Gasteiger partial charge in [0.2, 0.25) is 0 Å². The Kier molecular flexibility index (Phi) is 5.87. The fraction of sp³-hybridized carbons (Fsp3) is 0.0833. The second-order valence-corrected chi connectivity index (χ2v) is 7.07. The van der Waals surface area contributed by atoms with Crippen molar-refractivity contribution in [2.45, 2.75) is 13.5 Å². The molecule has 3 N–H and O–H groups in total. The molecule has 0 saturated heterocycles. The van der Waals surface area contributed by atoms with Gasteiger partial charge in [-0.05, 0) is 43.3 Å². The summed E-state index contributed by atoms with van der Waals surface area (Å²) in [4.78, 5) is 21.5. The number of aromatic nitrogens is 2. The predicted molar refractivity (Wildman–Crippen MR) is 119 cm³/mol. The second kappa shape index (κ2) is 8.91. The van der Waals surface area contributed by atoms with Crippen LogP contribution in [-0.4, -0.2) is 32.3 Å². The van der Waals surface area contributed by atoms with Crippen molar-refractivity contribution in [1.82, 2.24) is 15.4 Å². The molecule has 2 aromatic heterocycles. The molecule has 0 aliphatic heterocycles. The minimum atomic E-state index is -0.487. The van der Waals surface area contributed by atoms with E-state index >= 15 is 0 Å². The molecule has 0 spiro atoms. The van der Waals surface area contributed by atoms with Crippen LogP contribution in [0.5, 0.6) is 5.75 Å². The molecule has 8 heteroatoms.